The molecule has 5 nitrogen and oxygen atoms in total. The first-order chi connectivity index (χ1) is 12.0. The van der Waals surface area contributed by atoms with Crippen LogP contribution in [0.2, 0.25) is 0 Å². The molecule has 0 aliphatic carbocycles. The number of hydrogen-bond donors (Lipinski definition) is 1. The van der Waals surface area contributed by atoms with E-state index in [1.807, 2.05) is 25.1 Å². The van der Waals surface area contributed by atoms with E-state index in [2.05, 4.69) is 33.4 Å². The molecular weight excluding hydrogens is 386 g/mol. The molecule has 2 rings (SSSR count). The monoisotopic (exact) mass is 405 g/mol. The molecule has 1 N–H and O–H groups in total. The van der Waals surface area contributed by atoms with Crippen molar-refractivity contribution in [3.8, 4) is 0 Å². The molecule has 0 saturated heterocycles. The Hall–Kier alpha value is -2.34. The van der Waals surface area contributed by atoms with Gasteiger partial charge in [0.2, 0.25) is 0 Å². The number of aryl methyl sites for hydroxylation is 1. The summed E-state index contributed by atoms with van der Waals surface area (Å²) in [6.45, 7) is 1.62. The molecular formula is C19H20BrNO4. The van der Waals surface area contributed by atoms with Crippen molar-refractivity contribution in [1.82, 2.24) is 5.32 Å². The Bertz CT molecular complexity index is 724. The number of rotatable bonds is 8. The third-order valence-electron chi connectivity index (χ3n) is 3.44. The third kappa shape index (κ3) is 7.39. The van der Waals surface area contributed by atoms with Gasteiger partial charge in [0, 0.05) is 12.1 Å². The number of ether oxygens (including phenoxy) is 1. The van der Waals surface area contributed by atoms with E-state index < -0.39 is 5.97 Å². The van der Waals surface area contributed by atoms with Crippen LogP contribution in [0.1, 0.15) is 24.7 Å². The van der Waals surface area contributed by atoms with Gasteiger partial charge in [-0.25, -0.2) is 4.79 Å². The summed E-state index contributed by atoms with van der Waals surface area (Å²) in [6.07, 6.45) is 4.39. The van der Waals surface area contributed by atoms with Crippen molar-refractivity contribution >= 4 is 33.9 Å². The fraction of sp³-hybridized carbons (Fsp3) is 0.263. The van der Waals surface area contributed by atoms with Crippen LogP contribution in [-0.2, 0) is 20.7 Å². The van der Waals surface area contributed by atoms with Gasteiger partial charge >= 0.3 is 5.97 Å². The van der Waals surface area contributed by atoms with Crippen molar-refractivity contribution < 1.29 is 18.7 Å². The predicted octanol–water partition coefficient (Wildman–Crippen LogP) is 3.74. The maximum absolute atomic E-state index is 11.8. The number of furan rings is 1. The smallest absolute Gasteiger partial charge is 0.331 e. The first-order valence-corrected chi connectivity index (χ1v) is 8.75. The van der Waals surface area contributed by atoms with Crippen LogP contribution in [0.3, 0.4) is 0 Å². The van der Waals surface area contributed by atoms with Crippen molar-refractivity contribution in [2.75, 3.05) is 6.61 Å². The minimum atomic E-state index is -0.598. The van der Waals surface area contributed by atoms with Crippen LogP contribution < -0.4 is 5.32 Å². The van der Waals surface area contributed by atoms with Crippen molar-refractivity contribution in [3.05, 3.63) is 64.5 Å². The van der Waals surface area contributed by atoms with Crippen LogP contribution in [0.5, 0.6) is 0 Å². The minimum absolute atomic E-state index is 0.00224. The quantitative estimate of drug-likeness (QED) is 0.536. The van der Waals surface area contributed by atoms with Gasteiger partial charge < -0.3 is 14.5 Å². The zero-order valence-corrected chi connectivity index (χ0v) is 15.5. The molecule has 0 spiro atoms. The zero-order chi connectivity index (χ0) is 18.1. The molecule has 1 unspecified atom stereocenters. The molecule has 1 atom stereocenters. The standard InChI is InChI=1S/C19H20BrNO4/c1-14(7-8-15-5-3-2-4-6-15)21-18(22)13-24-19(23)12-10-16-9-11-17(20)25-16/h2-6,9-12,14H,7-8,13H2,1H3,(H,21,22)/b12-10+. The van der Waals surface area contributed by atoms with Crippen molar-refractivity contribution in [2.45, 2.75) is 25.8 Å². The molecule has 0 aliphatic heterocycles. The van der Waals surface area contributed by atoms with Gasteiger partial charge in [0.15, 0.2) is 11.3 Å². The highest BCUT2D eigenvalue weighted by Gasteiger charge is 2.09. The number of carbonyl (C=O) groups is 2. The number of amides is 1. The van der Waals surface area contributed by atoms with E-state index in [0.29, 0.717) is 10.4 Å². The summed E-state index contributed by atoms with van der Waals surface area (Å²) in [6, 6.07) is 13.5. The van der Waals surface area contributed by atoms with Gasteiger partial charge in [0.05, 0.1) is 0 Å². The summed E-state index contributed by atoms with van der Waals surface area (Å²) in [7, 11) is 0. The summed E-state index contributed by atoms with van der Waals surface area (Å²) in [4.78, 5) is 23.4. The summed E-state index contributed by atoms with van der Waals surface area (Å²) in [5.41, 5.74) is 1.23. The molecule has 25 heavy (non-hydrogen) atoms. The molecule has 0 fully saturated rings. The Kier molecular flexibility index (Phi) is 7.47. The lowest BCUT2D eigenvalue weighted by molar-refractivity contribution is -0.144. The average Bonchev–Trinajstić information content (AvgIpc) is 3.02. The lowest BCUT2D eigenvalue weighted by atomic mass is 10.1. The molecule has 1 amide bonds. The summed E-state index contributed by atoms with van der Waals surface area (Å²) in [5, 5.41) is 2.82. The van der Waals surface area contributed by atoms with Gasteiger partial charge in [-0.1, -0.05) is 30.3 Å². The summed E-state index contributed by atoms with van der Waals surface area (Å²) < 4.78 is 10.7. The van der Waals surface area contributed by atoms with E-state index in [-0.39, 0.29) is 18.6 Å². The summed E-state index contributed by atoms with van der Waals surface area (Å²) in [5.74, 6) is -0.398. The first kappa shape index (κ1) is 19.0. The van der Waals surface area contributed by atoms with E-state index in [4.69, 9.17) is 9.15 Å². The van der Waals surface area contributed by atoms with Crippen LogP contribution in [0, 0.1) is 0 Å². The van der Waals surface area contributed by atoms with Gasteiger partial charge in [0.1, 0.15) is 5.76 Å². The van der Waals surface area contributed by atoms with E-state index in [9.17, 15) is 9.59 Å². The zero-order valence-electron chi connectivity index (χ0n) is 13.9. The molecule has 6 heteroatoms. The second kappa shape index (κ2) is 9.84. The van der Waals surface area contributed by atoms with Gasteiger partial charge in [-0.05, 0) is 59.5 Å². The van der Waals surface area contributed by atoms with Crippen molar-refractivity contribution in [2.24, 2.45) is 0 Å². The summed E-state index contributed by atoms with van der Waals surface area (Å²) >= 11 is 3.17. The third-order valence-corrected chi connectivity index (χ3v) is 3.87. The SMILES string of the molecule is CC(CCc1ccccc1)NC(=O)COC(=O)/C=C/c1ccc(Br)o1. The van der Waals surface area contributed by atoms with Gasteiger partial charge in [-0.3, -0.25) is 4.79 Å². The Morgan fingerprint density at radius 2 is 2.00 bits per heavy atom. The lowest BCUT2D eigenvalue weighted by Crippen LogP contribution is -2.36. The van der Waals surface area contributed by atoms with Gasteiger partial charge in [-0.2, -0.15) is 0 Å². The van der Waals surface area contributed by atoms with E-state index in [1.54, 1.807) is 12.1 Å². The Balaban J connectivity index is 1.65. The van der Waals surface area contributed by atoms with Crippen LogP contribution in [0.4, 0.5) is 0 Å². The molecule has 1 aromatic carbocycles. The number of hydrogen-bond acceptors (Lipinski definition) is 4. The number of halogens is 1. The molecule has 0 bridgehead atoms. The van der Waals surface area contributed by atoms with Crippen molar-refractivity contribution in [1.29, 1.82) is 0 Å². The first-order valence-electron chi connectivity index (χ1n) is 7.96. The maximum atomic E-state index is 11.8. The fourth-order valence-electron chi connectivity index (χ4n) is 2.17. The molecule has 0 aliphatic rings. The second-order valence-corrected chi connectivity index (χ2v) is 6.36. The van der Waals surface area contributed by atoms with E-state index >= 15 is 0 Å². The second-order valence-electron chi connectivity index (χ2n) is 5.58. The van der Waals surface area contributed by atoms with Crippen molar-refractivity contribution in [3.63, 3.8) is 0 Å². The predicted molar refractivity (Wildman–Crippen MR) is 98.8 cm³/mol. The topological polar surface area (TPSA) is 68.5 Å². The largest absolute Gasteiger partial charge is 0.452 e. The van der Waals surface area contributed by atoms with Crippen LogP contribution in [-0.4, -0.2) is 24.5 Å². The molecule has 0 saturated carbocycles. The highest BCUT2D eigenvalue weighted by Crippen LogP contribution is 2.15. The van der Waals surface area contributed by atoms with E-state index in [0.717, 1.165) is 12.8 Å². The number of benzene rings is 1. The van der Waals surface area contributed by atoms with Gasteiger partial charge in [-0.15, -0.1) is 0 Å². The van der Waals surface area contributed by atoms with E-state index in [1.165, 1.54) is 17.7 Å². The highest BCUT2D eigenvalue weighted by atomic mass is 79.9. The molecule has 132 valence electrons. The molecule has 1 heterocycles. The van der Waals surface area contributed by atoms with Crippen LogP contribution in [0.25, 0.3) is 6.08 Å². The van der Waals surface area contributed by atoms with Crippen LogP contribution in [0.15, 0.2) is 57.6 Å². The highest BCUT2D eigenvalue weighted by molar-refractivity contribution is 9.10. The average molecular weight is 406 g/mol. The van der Waals surface area contributed by atoms with Crippen LogP contribution >= 0.6 is 15.9 Å². The fourth-order valence-corrected chi connectivity index (χ4v) is 2.49. The Morgan fingerprint density at radius 3 is 2.68 bits per heavy atom. The number of carbonyl (C=O) groups excluding carboxylic acids is 2. The number of nitrogens with one attached hydrogen (secondary N) is 1. The Labute approximate surface area is 155 Å². The molecule has 1 aromatic heterocycles. The molecule has 2 aromatic rings. The molecule has 0 radical (unpaired) electrons. The maximum Gasteiger partial charge on any atom is 0.331 e. The number of esters is 1. The normalized spacial score (nSPS) is 12.1. The lowest BCUT2D eigenvalue weighted by Gasteiger charge is -2.13. The van der Waals surface area contributed by atoms with Gasteiger partial charge in [0.25, 0.3) is 5.91 Å². The Morgan fingerprint density at radius 1 is 1.24 bits per heavy atom. The minimum Gasteiger partial charge on any atom is -0.452 e.